The molecule has 18 heavy (non-hydrogen) atoms. The van der Waals surface area contributed by atoms with Crippen molar-refractivity contribution in [3.8, 4) is 0 Å². The topological polar surface area (TPSA) is 46.2 Å². The Morgan fingerprint density at radius 1 is 1.39 bits per heavy atom. The molecule has 0 aliphatic heterocycles. The van der Waals surface area contributed by atoms with Crippen LogP contribution in [0.2, 0.25) is 5.02 Å². The van der Waals surface area contributed by atoms with Gasteiger partial charge in [0.1, 0.15) is 12.0 Å². The van der Waals surface area contributed by atoms with Gasteiger partial charge in [-0.3, -0.25) is 0 Å². The average Bonchev–Trinajstić information content (AvgIpc) is 2.36. The summed E-state index contributed by atoms with van der Waals surface area (Å²) in [5, 5.41) is 10.4. The Morgan fingerprint density at radius 2 is 2.00 bits per heavy atom. The van der Waals surface area contributed by atoms with E-state index in [1.807, 2.05) is 0 Å². The van der Waals surface area contributed by atoms with Gasteiger partial charge in [-0.1, -0.05) is 17.7 Å². The summed E-state index contributed by atoms with van der Waals surface area (Å²) in [6.07, 6.45) is 0.363. The van der Waals surface area contributed by atoms with Crippen LogP contribution in [0.25, 0.3) is 0 Å². The highest BCUT2D eigenvalue weighted by Crippen LogP contribution is 2.38. The third-order valence-electron chi connectivity index (χ3n) is 3.66. The summed E-state index contributed by atoms with van der Waals surface area (Å²) in [4.78, 5) is 0. The number of nitrogens with two attached hydrogens (primary N) is 1. The summed E-state index contributed by atoms with van der Waals surface area (Å²) in [6.45, 7) is 0. The first-order valence-electron chi connectivity index (χ1n) is 5.99. The van der Waals surface area contributed by atoms with E-state index in [1.54, 1.807) is 0 Å². The number of alkyl halides is 1. The normalized spacial score (nSPS) is 30.2. The number of hydrogen-bond donors (Lipinski definition) is 2. The van der Waals surface area contributed by atoms with E-state index in [0.29, 0.717) is 31.2 Å². The lowest BCUT2D eigenvalue weighted by atomic mass is 9.77. The van der Waals surface area contributed by atoms with Crippen LogP contribution in [-0.2, 0) is 0 Å². The Balaban J connectivity index is 2.19. The summed E-state index contributed by atoms with van der Waals surface area (Å²) >= 11 is 5.69. The third kappa shape index (κ3) is 2.66. The molecule has 1 fully saturated rings. The average molecular weight is 276 g/mol. The van der Waals surface area contributed by atoms with Gasteiger partial charge < -0.3 is 10.8 Å². The maximum atomic E-state index is 13.1. The molecule has 1 aromatic rings. The number of aliphatic hydroxyl groups is 1. The van der Waals surface area contributed by atoms with E-state index in [9.17, 15) is 13.9 Å². The SMILES string of the molecule is NC(c1ccc(F)c(Cl)c1)[C@]1(O)CC[C@H](F)CC1. The fraction of sp³-hybridized carbons (Fsp3) is 0.538. The molecule has 1 aromatic carbocycles. The maximum Gasteiger partial charge on any atom is 0.141 e. The Bertz CT molecular complexity index is 433. The van der Waals surface area contributed by atoms with E-state index in [2.05, 4.69) is 0 Å². The van der Waals surface area contributed by atoms with Gasteiger partial charge in [0, 0.05) is 0 Å². The highest BCUT2D eigenvalue weighted by molar-refractivity contribution is 6.30. The van der Waals surface area contributed by atoms with Gasteiger partial charge in [-0.25, -0.2) is 8.78 Å². The van der Waals surface area contributed by atoms with Crippen molar-refractivity contribution in [3.05, 3.63) is 34.6 Å². The van der Waals surface area contributed by atoms with Crippen molar-refractivity contribution in [2.45, 2.75) is 43.5 Å². The molecule has 1 aliphatic rings. The summed E-state index contributed by atoms with van der Waals surface area (Å²) in [5.74, 6) is -0.521. The Labute approximate surface area is 110 Å². The van der Waals surface area contributed by atoms with Gasteiger partial charge in [0.05, 0.1) is 16.7 Å². The molecule has 2 nitrogen and oxygen atoms in total. The zero-order valence-electron chi connectivity index (χ0n) is 9.87. The van der Waals surface area contributed by atoms with Crippen LogP contribution in [0, 0.1) is 5.82 Å². The number of rotatable bonds is 2. The van der Waals surface area contributed by atoms with Gasteiger partial charge in [-0.2, -0.15) is 0 Å². The predicted molar refractivity (Wildman–Crippen MR) is 66.7 cm³/mol. The molecule has 0 amide bonds. The Kier molecular flexibility index (Phi) is 3.90. The van der Waals surface area contributed by atoms with E-state index in [-0.39, 0.29) is 5.02 Å². The van der Waals surface area contributed by atoms with E-state index in [0.717, 1.165) is 0 Å². The minimum Gasteiger partial charge on any atom is -0.388 e. The van der Waals surface area contributed by atoms with E-state index in [1.165, 1.54) is 18.2 Å². The second kappa shape index (κ2) is 5.11. The second-order valence-corrected chi connectivity index (χ2v) is 5.34. The molecular weight excluding hydrogens is 260 g/mol. The highest BCUT2D eigenvalue weighted by Gasteiger charge is 2.39. The van der Waals surface area contributed by atoms with Crippen molar-refractivity contribution < 1.29 is 13.9 Å². The lowest BCUT2D eigenvalue weighted by Crippen LogP contribution is -2.44. The van der Waals surface area contributed by atoms with Gasteiger partial charge in [-0.15, -0.1) is 0 Å². The van der Waals surface area contributed by atoms with E-state index >= 15 is 0 Å². The molecule has 0 saturated heterocycles. The number of hydrogen-bond acceptors (Lipinski definition) is 2. The smallest absolute Gasteiger partial charge is 0.141 e. The number of benzene rings is 1. The molecule has 1 atom stereocenters. The first kappa shape index (κ1) is 13.7. The maximum absolute atomic E-state index is 13.1. The van der Waals surface area contributed by atoms with Crippen molar-refractivity contribution >= 4 is 11.6 Å². The van der Waals surface area contributed by atoms with Crippen LogP contribution in [0.1, 0.15) is 37.3 Å². The standard InChI is InChI=1S/C13H16ClF2NO/c14-10-7-8(1-2-11(10)16)12(17)13(18)5-3-9(15)4-6-13/h1-2,7,9,12,18H,3-6,17H2/t9-,12?,13-. The highest BCUT2D eigenvalue weighted by atomic mass is 35.5. The zero-order valence-corrected chi connectivity index (χ0v) is 10.6. The van der Waals surface area contributed by atoms with Crippen molar-refractivity contribution in [2.75, 3.05) is 0 Å². The summed E-state index contributed by atoms with van der Waals surface area (Å²) in [7, 11) is 0. The van der Waals surface area contributed by atoms with Gasteiger partial charge in [0.25, 0.3) is 0 Å². The van der Waals surface area contributed by atoms with Gasteiger partial charge in [0.2, 0.25) is 0 Å². The van der Waals surface area contributed by atoms with E-state index < -0.39 is 23.6 Å². The molecule has 0 spiro atoms. The molecule has 1 saturated carbocycles. The molecule has 1 aliphatic carbocycles. The van der Waals surface area contributed by atoms with Crippen molar-refractivity contribution in [3.63, 3.8) is 0 Å². The lowest BCUT2D eigenvalue weighted by molar-refractivity contribution is -0.0364. The number of halogens is 3. The predicted octanol–water partition coefficient (Wildman–Crippen LogP) is 3.12. The molecule has 1 unspecified atom stereocenters. The van der Waals surface area contributed by atoms with Gasteiger partial charge >= 0.3 is 0 Å². The van der Waals surface area contributed by atoms with Gasteiger partial charge in [0.15, 0.2) is 0 Å². The molecule has 100 valence electrons. The Morgan fingerprint density at radius 3 is 2.56 bits per heavy atom. The third-order valence-corrected chi connectivity index (χ3v) is 3.95. The minimum atomic E-state index is -1.14. The van der Waals surface area contributed by atoms with Crippen LogP contribution >= 0.6 is 11.6 Å². The summed E-state index contributed by atoms with van der Waals surface area (Å²) < 4.78 is 26.2. The molecular formula is C13H16ClF2NO. The van der Waals surface area contributed by atoms with Crippen LogP contribution in [0.4, 0.5) is 8.78 Å². The second-order valence-electron chi connectivity index (χ2n) is 4.93. The molecule has 3 N–H and O–H groups in total. The molecule has 0 heterocycles. The van der Waals surface area contributed by atoms with Crippen LogP contribution < -0.4 is 5.73 Å². The lowest BCUT2D eigenvalue weighted by Gasteiger charge is -2.38. The summed E-state index contributed by atoms with van der Waals surface area (Å²) in [6, 6.07) is 3.47. The molecule has 0 radical (unpaired) electrons. The first-order valence-corrected chi connectivity index (χ1v) is 6.37. The zero-order chi connectivity index (χ0) is 13.3. The molecule has 0 aromatic heterocycles. The van der Waals surface area contributed by atoms with Crippen LogP contribution in [0.15, 0.2) is 18.2 Å². The molecule has 2 rings (SSSR count). The molecule has 0 bridgehead atoms. The minimum absolute atomic E-state index is 0.0225. The van der Waals surface area contributed by atoms with E-state index in [4.69, 9.17) is 17.3 Å². The van der Waals surface area contributed by atoms with Crippen molar-refractivity contribution in [1.29, 1.82) is 0 Å². The summed E-state index contributed by atoms with van der Waals surface area (Å²) in [5.41, 5.74) is 5.45. The van der Waals surface area contributed by atoms with Crippen molar-refractivity contribution in [1.82, 2.24) is 0 Å². The monoisotopic (exact) mass is 275 g/mol. The fourth-order valence-corrected chi connectivity index (χ4v) is 2.60. The fourth-order valence-electron chi connectivity index (χ4n) is 2.41. The molecule has 5 heteroatoms. The van der Waals surface area contributed by atoms with Crippen LogP contribution in [-0.4, -0.2) is 16.9 Å². The van der Waals surface area contributed by atoms with Crippen molar-refractivity contribution in [2.24, 2.45) is 5.73 Å². The van der Waals surface area contributed by atoms with Gasteiger partial charge in [-0.05, 0) is 43.4 Å². The van der Waals surface area contributed by atoms with Crippen LogP contribution in [0.5, 0.6) is 0 Å². The quantitative estimate of drug-likeness (QED) is 0.871. The Hall–Kier alpha value is -0.710. The first-order chi connectivity index (χ1) is 8.42. The van der Waals surface area contributed by atoms with Crippen LogP contribution in [0.3, 0.4) is 0 Å². The largest absolute Gasteiger partial charge is 0.388 e.